The number of carboxylic acids is 1. The molecular weight excluding hydrogens is 323 g/mol. The number of imidazole rings is 1. The fourth-order valence-electron chi connectivity index (χ4n) is 2.38. The van der Waals surface area contributed by atoms with Gasteiger partial charge in [0.2, 0.25) is 0 Å². The molecule has 6 nitrogen and oxygen atoms in total. The lowest BCUT2D eigenvalue weighted by molar-refractivity contribution is 0.0697. The van der Waals surface area contributed by atoms with Crippen molar-refractivity contribution >= 4 is 23.1 Å². The summed E-state index contributed by atoms with van der Waals surface area (Å²) in [7, 11) is 0. The molecule has 0 radical (unpaired) electrons. The maximum absolute atomic E-state index is 13.6. The molecule has 25 heavy (non-hydrogen) atoms. The molecule has 1 aromatic carbocycles. The van der Waals surface area contributed by atoms with Crippen LogP contribution in [-0.4, -0.2) is 20.5 Å². The van der Waals surface area contributed by atoms with Crippen molar-refractivity contribution in [3.63, 3.8) is 0 Å². The number of hydrogen-bond donors (Lipinski definition) is 1. The van der Waals surface area contributed by atoms with Crippen LogP contribution in [0.2, 0.25) is 0 Å². The monoisotopic (exact) mass is 340 g/mol. The van der Waals surface area contributed by atoms with Crippen LogP contribution in [0.3, 0.4) is 0 Å². The molecule has 0 saturated carbocycles. The lowest BCUT2D eigenvalue weighted by Crippen LogP contribution is -2.11. The van der Waals surface area contributed by atoms with Gasteiger partial charge in [-0.1, -0.05) is 20.8 Å². The van der Waals surface area contributed by atoms with Gasteiger partial charge in [-0.3, -0.25) is 4.40 Å². The molecule has 0 spiro atoms. The topological polar surface area (TPSA) is 79.3 Å². The van der Waals surface area contributed by atoms with E-state index in [1.165, 1.54) is 24.4 Å². The Balaban J connectivity index is 2.07. The Morgan fingerprint density at radius 2 is 1.80 bits per heavy atom. The lowest BCUT2D eigenvalue weighted by Gasteiger charge is -2.15. The first-order chi connectivity index (χ1) is 11.8. The Morgan fingerprint density at radius 1 is 1.12 bits per heavy atom. The van der Waals surface area contributed by atoms with E-state index >= 15 is 0 Å². The van der Waals surface area contributed by atoms with Gasteiger partial charge in [0, 0.05) is 11.6 Å². The molecule has 1 N–H and O–H groups in total. The zero-order chi connectivity index (χ0) is 18.2. The summed E-state index contributed by atoms with van der Waals surface area (Å²) in [5.74, 6) is -0.951. The van der Waals surface area contributed by atoms with Gasteiger partial charge in [0.25, 0.3) is 0 Å². The number of fused-ring (bicyclic) bond motifs is 1. The van der Waals surface area contributed by atoms with Crippen molar-refractivity contribution in [3.05, 3.63) is 59.7 Å². The average molecular weight is 340 g/mol. The predicted octanol–water partition coefficient (Wildman–Crippen LogP) is 4.88. The summed E-state index contributed by atoms with van der Waals surface area (Å²) in [6.45, 7) is 5.98. The van der Waals surface area contributed by atoms with Gasteiger partial charge < -0.3 is 5.11 Å². The molecule has 7 heteroatoms. The van der Waals surface area contributed by atoms with Crippen molar-refractivity contribution in [2.24, 2.45) is 10.2 Å². The molecular formula is C18H17FN4O2. The molecule has 2 aromatic heterocycles. The Kier molecular flexibility index (Phi) is 4.08. The third-order valence-corrected chi connectivity index (χ3v) is 3.64. The average Bonchev–Trinajstić information content (AvgIpc) is 2.91. The van der Waals surface area contributed by atoms with Gasteiger partial charge in [0.15, 0.2) is 5.82 Å². The molecule has 0 aliphatic carbocycles. The highest BCUT2D eigenvalue weighted by Crippen LogP contribution is 2.33. The van der Waals surface area contributed by atoms with Gasteiger partial charge in [0.05, 0.1) is 16.9 Å². The van der Waals surface area contributed by atoms with E-state index in [-0.39, 0.29) is 11.0 Å². The molecule has 0 saturated heterocycles. The van der Waals surface area contributed by atoms with Gasteiger partial charge >= 0.3 is 5.97 Å². The van der Waals surface area contributed by atoms with Crippen molar-refractivity contribution in [2.45, 2.75) is 26.2 Å². The summed E-state index contributed by atoms with van der Waals surface area (Å²) in [5, 5.41) is 17.3. The molecule has 3 aromatic rings. The maximum atomic E-state index is 13.6. The van der Waals surface area contributed by atoms with E-state index in [0.717, 1.165) is 0 Å². The number of carboxylic acid groups (broad SMARTS) is 1. The second-order valence-corrected chi connectivity index (χ2v) is 6.66. The summed E-state index contributed by atoms with van der Waals surface area (Å²) < 4.78 is 15.2. The third-order valence-electron chi connectivity index (χ3n) is 3.64. The Morgan fingerprint density at radius 3 is 2.40 bits per heavy atom. The summed E-state index contributed by atoms with van der Waals surface area (Å²) in [6.07, 6.45) is 1.32. The molecule has 0 atom stereocenters. The highest BCUT2D eigenvalue weighted by atomic mass is 19.1. The highest BCUT2D eigenvalue weighted by molar-refractivity contribution is 5.87. The van der Waals surface area contributed by atoms with Gasteiger partial charge in [-0.2, -0.15) is 0 Å². The second kappa shape index (κ2) is 6.08. The van der Waals surface area contributed by atoms with Crippen LogP contribution >= 0.6 is 0 Å². The number of hydrogen-bond acceptors (Lipinski definition) is 4. The fourth-order valence-corrected chi connectivity index (χ4v) is 2.38. The third kappa shape index (κ3) is 3.40. The van der Waals surface area contributed by atoms with E-state index in [1.54, 1.807) is 22.6 Å². The molecule has 0 amide bonds. The van der Waals surface area contributed by atoms with Crippen molar-refractivity contribution in [3.8, 4) is 0 Å². The summed E-state index contributed by atoms with van der Waals surface area (Å²) in [4.78, 5) is 15.4. The van der Waals surface area contributed by atoms with E-state index < -0.39 is 11.8 Å². The zero-order valence-electron chi connectivity index (χ0n) is 14.1. The largest absolute Gasteiger partial charge is 0.478 e. The van der Waals surface area contributed by atoms with Crippen LogP contribution in [0.1, 0.15) is 36.8 Å². The molecule has 128 valence electrons. The minimum atomic E-state index is -1.00. The second-order valence-electron chi connectivity index (χ2n) is 6.66. The van der Waals surface area contributed by atoms with Gasteiger partial charge in [-0.15, -0.1) is 10.2 Å². The Bertz CT molecular complexity index is 969. The molecule has 0 unspecified atom stereocenters. The number of azo groups is 1. The van der Waals surface area contributed by atoms with Crippen LogP contribution < -0.4 is 0 Å². The minimum Gasteiger partial charge on any atom is -0.478 e. The van der Waals surface area contributed by atoms with E-state index in [1.807, 2.05) is 20.8 Å². The quantitative estimate of drug-likeness (QED) is 0.690. The van der Waals surface area contributed by atoms with Crippen LogP contribution in [0, 0.1) is 5.82 Å². The summed E-state index contributed by atoms with van der Waals surface area (Å²) in [5.41, 5.74) is 1.65. The van der Waals surface area contributed by atoms with Crippen molar-refractivity contribution < 1.29 is 14.3 Å². The zero-order valence-corrected chi connectivity index (χ0v) is 14.1. The van der Waals surface area contributed by atoms with Crippen LogP contribution in [0.5, 0.6) is 0 Å². The number of benzene rings is 1. The van der Waals surface area contributed by atoms with E-state index in [2.05, 4.69) is 15.2 Å². The van der Waals surface area contributed by atoms with Crippen LogP contribution in [0.25, 0.3) is 5.65 Å². The SMILES string of the molecule is CC(C)(C)c1nc2ccc(F)cn2c1N=Nc1ccc(C(=O)O)cc1. The number of pyridine rings is 1. The normalized spacial score (nSPS) is 12.2. The number of halogens is 1. The lowest BCUT2D eigenvalue weighted by atomic mass is 9.92. The fraction of sp³-hybridized carbons (Fsp3) is 0.222. The number of rotatable bonds is 3. The minimum absolute atomic E-state index is 0.172. The number of aromatic carboxylic acids is 1. The van der Waals surface area contributed by atoms with E-state index in [0.29, 0.717) is 22.8 Å². The van der Waals surface area contributed by atoms with Crippen LogP contribution in [-0.2, 0) is 5.41 Å². The molecule has 0 aliphatic heterocycles. The molecule has 3 rings (SSSR count). The Hall–Kier alpha value is -3.09. The molecule has 0 bridgehead atoms. The molecule has 2 heterocycles. The molecule has 0 fully saturated rings. The van der Waals surface area contributed by atoms with Crippen molar-refractivity contribution in [1.82, 2.24) is 9.38 Å². The van der Waals surface area contributed by atoms with Crippen LogP contribution in [0.15, 0.2) is 52.8 Å². The number of carbonyl (C=O) groups is 1. The van der Waals surface area contributed by atoms with Gasteiger partial charge in [-0.25, -0.2) is 14.2 Å². The number of nitrogens with zero attached hydrogens (tertiary/aromatic N) is 4. The van der Waals surface area contributed by atoms with E-state index in [9.17, 15) is 9.18 Å². The van der Waals surface area contributed by atoms with Crippen molar-refractivity contribution in [1.29, 1.82) is 0 Å². The van der Waals surface area contributed by atoms with Gasteiger partial charge in [-0.05, 0) is 36.4 Å². The molecule has 0 aliphatic rings. The smallest absolute Gasteiger partial charge is 0.335 e. The maximum Gasteiger partial charge on any atom is 0.335 e. The summed E-state index contributed by atoms with van der Waals surface area (Å²) >= 11 is 0. The van der Waals surface area contributed by atoms with Crippen molar-refractivity contribution in [2.75, 3.05) is 0 Å². The highest BCUT2D eigenvalue weighted by Gasteiger charge is 2.24. The first-order valence-electron chi connectivity index (χ1n) is 7.69. The standard InChI is InChI=1S/C18H17FN4O2/c1-18(2,3)15-16(23-10-12(19)6-9-14(23)20-15)22-21-13-7-4-11(5-8-13)17(24)25/h4-10H,1-3H3,(H,24,25). The number of aromatic nitrogens is 2. The van der Waals surface area contributed by atoms with Gasteiger partial charge in [0.1, 0.15) is 11.5 Å². The predicted molar refractivity (Wildman–Crippen MR) is 91.4 cm³/mol. The first-order valence-corrected chi connectivity index (χ1v) is 7.69. The Labute approximate surface area is 143 Å². The first kappa shape index (κ1) is 16.8. The van der Waals surface area contributed by atoms with E-state index in [4.69, 9.17) is 5.11 Å². The van der Waals surface area contributed by atoms with Crippen LogP contribution in [0.4, 0.5) is 15.9 Å². The summed E-state index contributed by atoms with van der Waals surface area (Å²) in [6, 6.07) is 8.97.